The van der Waals surface area contributed by atoms with Gasteiger partial charge in [0.25, 0.3) is 15.9 Å². The van der Waals surface area contributed by atoms with Gasteiger partial charge in [-0.15, -0.1) is 12.4 Å². The summed E-state index contributed by atoms with van der Waals surface area (Å²) < 4.78 is 31.0. The van der Waals surface area contributed by atoms with Crippen LogP contribution in [0, 0.1) is 12.8 Å². The molecule has 0 radical (unpaired) electrons. The van der Waals surface area contributed by atoms with Gasteiger partial charge in [0.2, 0.25) is 5.09 Å². The zero-order chi connectivity index (χ0) is 17.0. The Balaban J connectivity index is 0.00000288. The number of rotatable bonds is 6. The van der Waals surface area contributed by atoms with Crippen molar-refractivity contribution in [1.29, 1.82) is 0 Å². The fourth-order valence-electron chi connectivity index (χ4n) is 2.84. The maximum Gasteiger partial charge on any atom is 0.273 e. The predicted octanol–water partition coefficient (Wildman–Crippen LogP) is 1.38. The van der Waals surface area contributed by atoms with Crippen molar-refractivity contribution in [2.45, 2.75) is 31.3 Å². The van der Waals surface area contributed by atoms with Gasteiger partial charge >= 0.3 is 0 Å². The lowest BCUT2D eigenvalue weighted by atomic mass is 9.93. The highest BCUT2D eigenvalue weighted by Crippen LogP contribution is 2.24. The molecule has 2 rings (SSSR count). The molecule has 0 saturated carbocycles. The second-order valence-corrected chi connectivity index (χ2v) is 7.69. The Labute approximate surface area is 149 Å². The number of nitrogens with one attached hydrogen (secondary N) is 2. The first kappa shape index (κ1) is 21.0. The number of likely N-dealkylation sites (tertiary alicyclic amines) is 1. The van der Waals surface area contributed by atoms with Gasteiger partial charge in [-0.1, -0.05) is 0 Å². The van der Waals surface area contributed by atoms with Crippen LogP contribution >= 0.6 is 12.4 Å². The van der Waals surface area contributed by atoms with Crippen molar-refractivity contribution in [3.05, 3.63) is 17.4 Å². The van der Waals surface area contributed by atoms with Gasteiger partial charge in [-0.25, -0.2) is 13.1 Å². The topological polar surface area (TPSA) is 91.7 Å². The molecule has 2 N–H and O–H groups in total. The van der Waals surface area contributed by atoms with E-state index in [0.717, 1.165) is 25.8 Å². The number of sulfonamides is 1. The number of carbonyl (C=O) groups is 1. The molecule has 1 aromatic rings. The lowest BCUT2D eigenvalue weighted by Gasteiger charge is -2.32. The molecule has 0 atom stereocenters. The second-order valence-electron chi connectivity index (χ2n) is 5.87. The van der Waals surface area contributed by atoms with Gasteiger partial charge in [-0.05, 0) is 52.7 Å². The molecule has 0 bridgehead atoms. The summed E-state index contributed by atoms with van der Waals surface area (Å²) in [5.41, 5.74) is 0.326. The molecular weight excluding hydrogens is 354 g/mol. The molecule has 2 heterocycles. The maximum absolute atomic E-state index is 12.6. The smallest absolute Gasteiger partial charge is 0.273 e. The molecule has 24 heavy (non-hydrogen) atoms. The first-order valence-corrected chi connectivity index (χ1v) is 9.35. The molecule has 1 aromatic heterocycles. The van der Waals surface area contributed by atoms with Crippen LogP contribution in [0.5, 0.6) is 0 Å². The Kier molecular flexibility index (Phi) is 7.72. The van der Waals surface area contributed by atoms with Crippen LogP contribution in [0.25, 0.3) is 0 Å². The molecule has 138 valence electrons. The molecule has 1 fully saturated rings. The second kappa shape index (κ2) is 8.84. The summed E-state index contributed by atoms with van der Waals surface area (Å²) >= 11 is 0. The van der Waals surface area contributed by atoms with E-state index in [1.807, 2.05) is 7.05 Å². The van der Waals surface area contributed by atoms with Crippen LogP contribution in [0.1, 0.15) is 35.4 Å². The van der Waals surface area contributed by atoms with Crippen LogP contribution in [0.15, 0.2) is 15.6 Å². The number of amides is 1. The van der Waals surface area contributed by atoms with E-state index in [9.17, 15) is 13.2 Å². The maximum atomic E-state index is 12.6. The summed E-state index contributed by atoms with van der Waals surface area (Å²) in [4.78, 5) is 14.4. The monoisotopic (exact) mass is 379 g/mol. The van der Waals surface area contributed by atoms with E-state index in [0.29, 0.717) is 30.3 Å². The molecule has 0 aromatic carbocycles. The van der Waals surface area contributed by atoms with Gasteiger partial charge in [-0.3, -0.25) is 4.79 Å². The van der Waals surface area contributed by atoms with Gasteiger partial charge in [0, 0.05) is 19.2 Å². The van der Waals surface area contributed by atoms with Crippen LogP contribution in [0.3, 0.4) is 0 Å². The van der Waals surface area contributed by atoms with Gasteiger partial charge < -0.3 is 14.6 Å². The van der Waals surface area contributed by atoms with E-state index in [1.54, 1.807) is 11.8 Å². The minimum atomic E-state index is -3.68. The largest absolute Gasteiger partial charge is 0.448 e. The highest BCUT2D eigenvalue weighted by atomic mass is 35.5. The number of carbonyl (C=O) groups excluding carboxylic acids is 1. The SMILES string of the molecule is CNCCC1CCN(C(=O)c2cc(S(=O)(=O)NC)oc2C)CC1.Cl. The summed E-state index contributed by atoms with van der Waals surface area (Å²) in [6, 6.07) is 1.32. The highest BCUT2D eigenvalue weighted by Gasteiger charge is 2.28. The fourth-order valence-corrected chi connectivity index (χ4v) is 3.55. The van der Waals surface area contributed by atoms with Crippen molar-refractivity contribution in [2.24, 2.45) is 5.92 Å². The number of hydrogen-bond acceptors (Lipinski definition) is 5. The van der Waals surface area contributed by atoms with Crippen LogP contribution in [0.4, 0.5) is 0 Å². The van der Waals surface area contributed by atoms with Crippen molar-refractivity contribution >= 4 is 28.3 Å². The van der Waals surface area contributed by atoms with Crippen molar-refractivity contribution in [3.63, 3.8) is 0 Å². The number of halogens is 1. The van der Waals surface area contributed by atoms with Crippen molar-refractivity contribution in [2.75, 3.05) is 33.7 Å². The van der Waals surface area contributed by atoms with Crippen LogP contribution in [-0.4, -0.2) is 53.0 Å². The average Bonchev–Trinajstić information content (AvgIpc) is 2.95. The number of hydrogen-bond donors (Lipinski definition) is 2. The zero-order valence-corrected chi connectivity index (χ0v) is 15.9. The predicted molar refractivity (Wildman–Crippen MR) is 94.1 cm³/mol. The zero-order valence-electron chi connectivity index (χ0n) is 14.3. The quantitative estimate of drug-likeness (QED) is 0.779. The number of nitrogens with zero attached hydrogens (tertiary/aromatic N) is 1. The van der Waals surface area contributed by atoms with Gasteiger partial charge in [0.1, 0.15) is 5.76 Å². The van der Waals surface area contributed by atoms with Gasteiger partial charge in [-0.2, -0.15) is 0 Å². The standard InChI is InChI=1S/C15H25N3O4S.ClH/c1-11-13(10-14(22-11)23(20,21)17-3)15(19)18-8-5-12(6-9-18)4-7-16-2;/h10,12,16-17H,4-9H2,1-3H3;1H. The molecular formula is C15H26ClN3O4S. The first-order chi connectivity index (χ1) is 10.9. The van der Waals surface area contributed by atoms with E-state index < -0.39 is 10.0 Å². The van der Waals surface area contributed by atoms with Crippen molar-refractivity contribution < 1.29 is 17.6 Å². The van der Waals surface area contributed by atoms with Crippen LogP contribution in [-0.2, 0) is 10.0 Å². The minimum absolute atomic E-state index is 0. The van der Waals surface area contributed by atoms with E-state index in [4.69, 9.17) is 4.42 Å². The molecule has 0 spiro atoms. The molecule has 1 aliphatic heterocycles. The molecule has 9 heteroatoms. The summed E-state index contributed by atoms with van der Waals surface area (Å²) in [5.74, 6) is 0.814. The van der Waals surface area contributed by atoms with E-state index in [2.05, 4.69) is 10.0 Å². The molecule has 1 saturated heterocycles. The Morgan fingerprint density at radius 3 is 2.50 bits per heavy atom. The summed E-state index contributed by atoms with van der Waals surface area (Å²) in [5, 5.41) is 2.93. The molecule has 1 amide bonds. The first-order valence-electron chi connectivity index (χ1n) is 7.87. The Hall–Kier alpha value is -1.09. The van der Waals surface area contributed by atoms with Gasteiger partial charge in [0.15, 0.2) is 0 Å². The summed E-state index contributed by atoms with van der Waals surface area (Å²) in [6.45, 7) is 4.00. The number of aryl methyl sites for hydroxylation is 1. The fraction of sp³-hybridized carbons (Fsp3) is 0.667. The number of furan rings is 1. The summed E-state index contributed by atoms with van der Waals surface area (Å²) in [6.07, 6.45) is 3.08. The third-order valence-corrected chi connectivity index (χ3v) is 5.63. The lowest BCUT2D eigenvalue weighted by molar-refractivity contribution is 0.0685. The number of piperidine rings is 1. The minimum Gasteiger partial charge on any atom is -0.448 e. The van der Waals surface area contributed by atoms with Crippen molar-refractivity contribution in [1.82, 2.24) is 14.9 Å². The van der Waals surface area contributed by atoms with E-state index in [1.165, 1.54) is 13.1 Å². The van der Waals surface area contributed by atoms with Gasteiger partial charge in [0.05, 0.1) is 5.56 Å². The van der Waals surface area contributed by atoms with E-state index in [-0.39, 0.29) is 23.4 Å². The average molecular weight is 380 g/mol. The third-order valence-electron chi connectivity index (χ3n) is 4.36. The highest BCUT2D eigenvalue weighted by molar-refractivity contribution is 7.89. The van der Waals surface area contributed by atoms with Crippen LogP contribution in [0.2, 0.25) is 0 Å². The Morgan fingerprint density at radius 2 is 1.96 bits per heavy atom. The molecule has 0 unspecified atom stereocenters. The lowest BCUT2D eigenvalue weighted by Crippen LogP contribution is -2.39. The third kappa shape index (κ3) is 4.72. The normalized spacial score (nSPS) is 16.0. The Bertz CT molecular complexity index is 652. The van der Waals surface area contributed by atoms with E-state index >= 15 is 0 Å². The van der Waals surface area contributed by atoms with Crippen LogP contribution < -0.4 is 10.0 Å². The molecule has 0 aliphatic carbocycles. The molecule has 7 nitrogen and oxygen atoms in total. The van der Waals surface area contributed by atoms with Crippen molar-refractivity contribution in [3.8, 4) is 0 Å². The molecule has 1 aliphatic rings. The Morgan fingerprint density at radius 1 is 1.33 bits per heavy atom. The summed E-state index contributed by atoms with van der Waals surface area (Å²) in [7, 11) is -0.426.